The summed E-state index contributed by atoms with van der Waals surface area (Å²) in [5, 5.41) is 11.2. The Morgan fingerprint density at radius 3 is 2.76 bits per heavy atom. The van der Waals surface area contributed by atoms with E-state index in [1.807, 2.05) is 24.3 Å². The third-order valence-electron chi connectivity index (χ3n) is 6.66. The fraction of sp³-hybridized carbons (Fsp3) is 0.296. The molecule has 34 heavy (non-hydrogen) atoms. The lowest BCUT2D eigenvalue weighted by atomic mass is 10.1. The van der Waals surface area contributed by atoms with E-state index in [1.165, 1.54) is 10.9 Å². The van der Waals surface area contributed by atoms with E-state index in [9.17, 15) is 4.79 Å². The topological polar surface area (TPSA) is 88.6 Å². The minimum absolute atomic E-state index is 0.227. The maximum atomic E-state index is 11.7. The minimum atomic E-state index is -0.442. The number of aliphatic imine (C=N–C) groups is 1. The number of unbranched alkanes of at least 4 members (excludes halogenated alkanes) is 1. The number of piperazine rings is 1. The number of aromatic amines is 1. The normalized spacial score (nSPS) is 14.5. The van der Waals surface area contributed by atoms with Crippen molar-refractivity contribution in [1.29, 1.82) is 5.26 Å². The summed E-state index contributed by atoms with van der Waals surface area (Å²) in [6.45, 7) is 8.39. The van der Waals surface area contributed by atoms with E-state index < -0.39 is 5.91 Å². The summed E-state index contributed by atoms with van der Waals surface area (Å²) in [6.07, 6.45) is 5.38. The number of aromatic nitrogens is 1. The largest absolute Gasteiger partial charge is 0.451 e. The second kappa shape index (κ2) is 9.54. The van der Waals surface area contributed by atoms with Gasteiger partial charge >= 0.3 is 5.91 Å². The van der Waals surface area contributed by atoms with Gasteiger partial charge in [-0.25, -0.2) is 4.99 Å². The van der Waals surface area contributed by atoms with Gasteiger partial charge in [0.15, 0.2) is 5.76 Å². The molecule has 1 aliphatic rings. The molecule has 7 heteroatoms. The number of nitriles is 1. The minimum Gasteiger partial charge on any atom is -0.451 e. The molecule has 0 spiro atoms. The van der Waals surface area contributed by atoms with Crippen molar-refractivity contribution in [3.63, 3.8) is 0 Å². The van der Waals surface area contributed by atoms with Crippen molar-refractivity contribution in [2.45, 2.75) is 19.3 Å². The number of H-pyrrole nitrogens is 1. The van der Waals surface area contributed by atoms with Crippen LogP contribution in [0.3, 0.4) is 0 Å². The van der Waals surface area contributed by atoms with Gasteiger partial charge in [-0.3, -0.25) is 9.69 Å². The number of furan rings is 1. The molecular formula is C27H27N5O2. The second-order valence-corrected chi connectivity index (χ2v) is 8.77. The highest BCUT2D eigenvalue weighted by molar-refractivity contribution is 5.98. The van der Waals surface area contributed by atoms with E-state index in [4.69, 9.17) is 9.68 Å². The van der Waals surface area contributed by atoms with Crippen LogP contribution < -0.4 is 4.90 Å². The first-order chi connectivity index (χ1) is 16.6. The maximum absolute atomic E-state index is 11.7. The molecule has 0 aliphatic carbocycles. The Balaban J connectivity index is 1.11. The molecule has 2 aromatic heterocycles. The quantitative estimate of drug-likeness (QED) is 0.322. The summed E-state index contributed by atoms with van der Waals surface area (Å²) in [5.41, 5.74) is 4.93. The van der Waals surface area contributed by atoms with Gasteiger partial charge in [-0.05, 0) is 80.6 Å². The lowest BCUT2D eigenvalue weighted by molar-refractivity contribution is 0.0979. The predicted molar refractivity (Wildman–Crippen MR) is 135 cm³/mol. The Labute approximate surface area is 198 Å². The molecule has 2 aromatic carbocycles. The molecule has 1 N–H and O–H groups in total. The molecule has 3 heterocycles. The van der Waals surface area contributed by atoms with Crippen LogP contribution in [0, 0.1) is 11.3 Å². The van der Waals surface area contributed by atoms with Crippen LogP contribution in [-0.2, 0) is 6.42 Å². The average molecular weight is 454 g/mol. The van der Waals surface area contributed by atoms with Crippen LogP contribution >= 0.6 is 0 Å². The summed E-state index contributed by atoms with van der Waals surface area (Å²) in [7, 11) is 0. The monoisotopic (exact) mass is 453 g/mol. The van der Waals surface area contributed by atoms with Crippen molar-refractivity contribution in [2.75, 3.05) is 37.6 Å². The Hall–Kier alpha value is -3.89. The van der Waals surface area contributed by atoms with E-state index in [1.54, 1.807) is 6.07 Å². The highest BCUT2D eigenvalue weighted by Crippen LogP contribution is 2.27. The van der Waals surface area contributed by atoms with Crippen LogP contribution in [0.5, 0.6) is 0 Å². The first-order valence-electron chi connectivity index (χ1n) is 11.7. The van der Waals surface area contributed by atoms with Crippen molar-refractivity contribution in [3.8, 4) is 6.07 Å². The van der Waals surface area contributed by atoms with Gasteiger partial charge in [0.05, 0.1) is 11.6 Å². The van der Waals surface area contributed by atoms with Gasteiger partial charge < -0.3 is 14.3 Å². The van der Waals surface area contributed by atoms with Crippen LogP contribution in [0.4, 0.5) is 5.69 Å². The molecule has 0 saturated carbocycles. The van der Waals surface area contributed by atoms with Crippen molar-refractivity contribution in [2.24, 2.45) is 4.99 Å². The van der Waals surface area contributed by atoms with E-state index >= 15 is 0 Å². The molecule has 0 atom stereocenters. The SMILES string of the molecule is C=NC(=O)c1cc2cc(N3CCN(CCCCc4c[nH]c5ccc(C#N)cc45)CC3)ccc2o1. The fourth-order valence-electron chi connectivity index (χ4n) is 4.75. The number of anilines is 1. The van der Waals surface area contributed by atoms with Crippen LogP contribution in [0.25, 0.3) is 21.9 Å². The number of amides is 1. The number of fused-ring (bicyclic) bond motifs is 2. The number of nitrogens with zero attached hydrogens (tertiary/aromatic N) is 4. The second-order valence-electron chi connectivity index (χ2n) is 8.77. The van der Waals surface area contributed by atoms with Crippen molar-refractivity contribution < 1.29 is 9.21 Å². The number of carbonyl (C=O) groups is 1. The van der Waals surface area contributed by atoms with Gasteiger partial charge in [-0.15, -0.1) is 0 Å². The van der Waals surface area contributed by atoms with Gasteiger partial charge in [0, 0.05) is 54.4 Å². The van der Waals surface area contributed by atoms with Crippen LogP contribution in [0.1, 0.15) is 34.5 Å². The number of benzene rings is 2. The summed E-state index contributed by atoms with van der Waals surface area (Å²) < 4.78 is 5.57. The molecule has 0 bridgehead atoms. The van der Waals surface area contributed by atoms with Crippen LogP contribution in [0.15, 0.2) is 58.1 Å². The van der Waals surface area contributed by atoms with Crippen LogP contribution in [-0.4, -0.2) is 55.2 Å². The molecule has 0 radical (unpaired) electrons. The maximum Gasteiger partial charge on any atom is 0.312 e. The predicted octanol–water partition coefficient (Wildman–Crippen LogP) is 4.77. The van der Waals surface area contributed by atoms with Gasteiger partial charge in [0.2, 0.25) is 0 Å². The fourth-order valence-corrected chi connectivity index (χ4v) is 4.75. The van der Waals surface area contributed by atoms with E-state index in [0.29, 0.717) is 11.1 Å². The van der Waals surface area contributed by atoms with Crippen molar-refractivity contribution in [3.05, 3.63) is 65.5 Å². The van der Waals surface area contributed by atoms with Gasteiger partial charge in [0.25, 0.3) is 0 Å². The van der Waals surface area contributed by atoms with Crippen LogP contribution in [0.2, 0.25) is 0 Å². The third kappa shape index (κ3) is 4.45. The zero-order chi connectivity index (χ0) is 23.5. The first kappa shape index (κ1) is 21.9. The number of nitrogens with one attached hydrogen (secondary N) is 1. The Morgan fingerprint density at radius 2 is 1.97 bits per heavy atom. The number of rotatable bonds is 7. The molecule has 1 amide bonds. The highest BCUT2D eigenvalue weighted by atomic mass is 16.3. The molecule has 4 aromatic rings. The summed E-state index contributed by atoms with van der Waals surface area (Å²) >= 11 is 0. The highest BCUT2D eigenvalue weighted by Gasteiger charge is 2.18. The Kier molecular flexibility index (Phi) is 6.15. The molecule has 172 valence electrons. The van der Waals surface area contributed by atoms with Crippen molar-refractivity contribution >= 4 is 40.2 Å². The zero-order valence-electron chi connectivity index (χ0n) is 19.1. The van der Waals surface area contributed by atoms with Gasteiger partial charge in [0.1, 0.15) is 5.58 Å². The van der Waals surface area contributed by atoms with Gasteiger partial charge in [-0.1, -0.05) is 0 Å². The summed E-state index contributed by atoms with van der Waals surface area (Å²) in [5.74, 6) is -0.215. The molecule has 1 fully saturated rings. The number of carbonyl (C=O) groups excluding carboxylic acids is 1. The third-order valence-corrected chi connectivity index (χ3v) is 6.66. The molecule has 7 nitrogen and oxygen atoms in total. The molecule has 5 rings (SSSR count). The summed E-state index contributed by atoms with van der Waals surface area (Å²) in [4.78, 5) is 23.4. The molecule has 1 aliphatic heterocycles. The van der Waals surface area contributed by atoms with E-state index in [0.717, 1.165) is 68.6 Å². The number of hydrogen-bond donors (Lipinski definition) is 1. The standard InChI is InChI=1S/C27H27N5O2/c1-29-27(33)26-16-21-15-22(6-8-25(21)34-26)32-12-10-31(11-13-32)9-3-2-4-20-18-30-24-7-5-19(17-28)14-23(20)24/h5-8,14-16,18,30H,1-4,9-13H2. The Bertz CT molecular complexity index is 1390. The summed E-state index contributed by atoms with van der Waals surface area (Å²) in [6, 6.07) is 15.8. The van der Waals surface area contributed by atoms with Gasteiger partial charge in [-0.2, -0.15) is 5.26 Å². The van der Waals surface area contributed by atoms with E-state index in [-0.39, 0.29) is 5.76 Å². The van der Waals surface area contributed by atoms with E-state index in [2.05, 4.69) is 50.9 Å². The average Bonchev–Trinajstić information content (AvgIpc) is 3.49. The zero-order valence-corrected chi connectivity index (χ0v) is 19.1. The molecular weight excluding hydrogens is 426 g/mol. The van der Waals surface area contributed by atoms with Crippen molar-refractivity contribution in [1.82, 2.24) is 9.88 Å². The lowest BCUT2D eigenvalue weighted by Crippen LogP contribution is -2.46. The first-order valence-corrected chi connectivity index (χ1v) is 11.7. The smallest absolute Gasteiger partial charge is 0.312 e. The molecule has 0 unspecified atom stereocenters. The lowest BCUT2D eigenvalue weighted by Gasteiger charge is -2.36. The number of hydrogen-bond acceptors (Lipinski definition) is 5. The Morgan fingerprint density at radius 1 is 1.12 bits per heavy atom. The number of aryl methyl sites for hydroxylation is 1. The molecule has 1 saturated heterocycles.